The Morgan fingerprint density at radius 3 is 2.44 bits per heavy atom. The van der Waals surface area contributed by atoms with E-state index in [2.05, 4.69) is 21.7 Å². The van der Waals surface area contributed by atoms with Crippen LogP contribution in [0.5, 0.6) is 0 Å². The van der Waals surface area contributed by atoms with Gasteiger partial charge in [-0.1, -0.05) is 50.6 Å². The number of hydrogen-bond acceptors (Lipinski definition) is 6. The number of nitriles is 1. The minimum absolute atomic E-state index is 0.00113. The molecule has 4 rings (SSSR count). The molecule has 1 aromatic heterocycles. The molecular formula is C34H34F3N7O3S. The number of alkyl halides is 3. The summed E-state index contributed by atoms with van der Waals surface area (Å²) in [6, 6.07) is 19.4. The summed E-state index contributed by atoms with van der Waals surface area (Å²) in [6.07, 6.45) is -0.705. The van der Waals surface area contributed by atoms with Crippen LogP contribution in [-0.2, 0) is 30.5 Å². The molecule has 1 amide bonds. The van der Waals surface area contributed by atoms with Gasteiger partial charge >= 0.3 is 6.18 Å². The van der Waals surface area contributed by atoms with Crippen molar-refractivity contribution in [1.82, 2.24) is 19.8 Å². The SMILES string of the molecule is CC[C@H](C)[C@@H](CN(Cc1ccccc1C(F)(F)F)C(=S)Nc1ccc([N+](=O)[O-])cc1)NC(=O)Cc1cncn1Cc1ccc(C#N)cc1. The number of nitro groups is 1. The molecular weight excluding hydrogens is 643 g/mol. The maximum absolute atomic E-state index is 14.0. The van der Waals surface area contributed by atoms with E-state index in [1.54, 1.807) is 29.6 Å². The molecule has 0 bridgehead atoms. The van der Waals surface area contributed by atoms with E-state index in [1.807, 2.05) is 30.5 Å². The summed E-state index contributed by atoms with van der Waals surface area (Å²) in [6.45, 7) is 4.20. The molecule has 14 heteroatoms. The predicted octanol–water partition coefficient (Wildman–Crippen LogP) is 6.70. The van der Waals surface area contributed by atoms with E-state index >= 15 is 0 Å². The lowest BCUT2D eigenvalue weighted by atomic mass is 9.97. The molecule has 0 saturated carbocycles. The zero-order valence-corrected chi connectivity index (χ0v) is 27.1. The molecule has 0 spiro atoms. The van der Waals surface area contributed by atoms with Gasteiger partial charge in [-0.3, -0.25) is 14.9 Å². The molecule has 0 saturated heterocycles. The van der Waals surface area contributed by atoms with E-state index in [0.717, 1.165) is 11.6 Å². The second kappa shape index (κ2) is 16.0. The van der Waals surface area contributed by atoms with Crippen molar-refractivity contribution < 1.29 is 22.9 Å². The smallest absolute Gasteiger partial charge is 0.351 e. The fourth-order valence-electron chi connectivity index (χ4n) is 5.06. The first-order valence-corrected chi connectivity index (χ1v) is 15.5. The first-order chi connectivity index (χ1) is 22.9. The van der Waals surface area contributed by atoms with Gasteiger partial charge in [-0.15, -0.1) is 0 Å². The normalized spacial score (nSPS) is 12.4. The van der Waals surface area contributed by atoms with Crippen LogP contribution in [0.1, 0.15) is 48.2 Å². The Morgan fingerprint density at radius 2 is 1.81 bits per heavy atom. The quantitative estimate of drug-likeness (QED) is 0.0909. The number of nitrogens with zero attached hydrogens (tertiary/aromatic N) is 5. The van der Waals surface area contributed by atoms with Crippen LogP contribution in [0, 0.1) is 27.4 Å². The summed E-state index contributed by atoms with van der Waals surface area (Å²) in [7, 11) is 0. The Bertz CT molecular complexity index is 1770. The number of halogens is 3. The number of nitro benzene ring substituents is 1. The molecule has 0 aliphatic carbocycles. The van der Waals surface area contributed by atoms with E-state index in [1.165, 1.54) is 42.5 Å². The van der Waals surface area contributed by atoms with Gasteiger partial charge in [0.05, 0.1) is 34.9 Å². The van der Waals surface area contributed by atoms with Gasteiger partial charge in [-0.25, -0.2) is 4.98 Å². The molecule has 0 aliphatic rings. The van der Waals surface area contributed by atoms with Crippen LogP contribution in [0.25, 0.3) is 0 Å². The molecule has 1 heterocycles. The molecule has 0 aliphatic heterocycles. The number of anilines is 1. The van der Waals surface area contributed by atoms with Crippen molar-refractivity contribution in [1.29, 1.82) is 5.26 Å². The van der Waals surface area contributed by atoms with Gasteiger partial charge in [0, 0.05) is 55.4 Å². The molecule has 2 atom stereocenters. The van der Waals surface area contributed by atoms with Gasteiger partial charge in [0.1, 0.15) is 0 Å². The third kappa shape index (κ3) is 9.62. The van der Waals surface area contributed by atoms with Crippen LogP contribution < -0.4 is 10.6 Å². The highest BCUT2D eigenvalue weighted by Crippen LogP contribution is 2.32. The lowest BCUT2D eigenvalue weighted by Gasteiger charge is -2.34. The molecule has 3 aromatic carbocycles. The highest BCUT2D eigenvalue weighted by atomic mass is 32.1. The topological polar surface area (TPSA) is 129 Å². The van der Waals surface area contributed by atoms with Crippen LogP contribution in [0.3, 0.4) is 0 Å². The van der Waals surface area contributed by atoms with E-state index in [0.29, 0.717) is 29.9 Å². The number of imidazole rings is 1. The predicted molar refractivity (Wildman–Crippen MR) is 179 cm³/mol. The monoisotopic (exact) mass is 677 g/mol. The average molecular weight is 678 g/mol. The largest absolute Gasteiger partial charge is 0.416 e. The van der Waals surface area contributed by atoms with Crippen LogP contribution >= 0.6 is 12.2 Å². The second-order valence-corrected chi connectivity index (χ2v) is 11.7. The zero-order chi connectivity index (χ0) is 34.8. The molecule has 0 fully saturated rings. The number of amides is 1. The summed E-state index contributed by atoms with van der Waals surface area (Å²) >= 11 is 5.68. The van der Waals surface area contributed by atoms with Crippen LogP contribution in [0.2, 0.25) is 0 Å². The minimum atomic E-state index is -4.60. The zero-order valence-electron chi connectivity index (χ0n) is 26.3. The Morgan fingerprint density at radius 1 is 1.12 bits per heavy atom. The average Bonchev–Trinajstić information content (AvgIpc) is 3.49. The number of hydrogen-bond donors (Lipinski definition) is 2. The van der Waals surface area contributed by atoms with Crippen molar-refractivity contribution in [2.24, 2.45) is 5.92 Å². The van der Waals surface area contributed by atoms with Crippen molar-refractivity contribution in [3.8, 4) is 6.07 Å². The third-order valence-corrected chi connectivity index (χ3v) is 8.33. The summed E-state index contributed by atoms with van der Waals surface area (Å²) in [5.41, 5.74) is 1.62. The maximum Gasteiger partial charge on any atom is 0.416 e. The number of carbonyl (C=O) groups excluding carboxylic acids is 1. The van der Waals surface area contributed by atoms with Crippen LogP contribution in [0.15, 0.2) is 85.3 Å². The van der Waals surface area contributed by atoms with E-state index in [-0.39, 0.29) is 47.7 Å². The Labute approximate surface area is 281 Å². The number of non-ortho nitro benzene ring substituents is 1. The number of carbonyl (C=O) groups is 1. The summed E-state index contributed by atoms with van der Waals surface area (Å²) in [4.78, 5) is 29.8. The maximum atomic E-state index is 14.0. The molecule has 2 N–H and O–H groups in total. The fourth-order valence-corrected chi connectivity index (χ4v) is 5.32. The number of benzene rings is 3. The first-order valence-electron chi connectivity index (χ1n) is 15.1. The molecule has 0 radical (unpaired) electrons. The van der Waals surface area contributed by atoms with Gasteiger partial charge in [-0.2, -0.15) is 18.4 Å². The van der Waals surface area contributed by atoms with Crippen molar-refractivity contribution >= 4 is 34.6 Å². The molecule has 4 aromatic rings. The minimum Gasteiger partial charge on any atom is -0.351 e. The third-order valence-electron chi connectivity index (χ3n) is 7.97. The summed E-state index contributed by atoms with van der Waals surface area (Å²) in [5, 5.41) is 26.3. The number of rotatable bonds is 13. The van der Waals surface area contributed by atoms with E-state index in [9.17, 15) is 28.1 Å². The van der Waals surface area contributed by atoms with Gasteiger partial charge < -0.3 is 20.1 Å². The molecule has 10 nitrogen and oxygen atoms in total. The number of nitrogens with one attached hydrogen (secondary N) is 2. The van der Waals surface area contributed by atoms with Crippen LogP contribution in [0.4, 0.5) is 24.5 Å². The van der Waals surface area contributed by atoms with E-state index in [4.69, 9.17) is 17.5 Å². The Balaban J connectivity index is 1.55. The lowest BCUT2D eigenvalue weighted by Crippen LogP contribution is -2.50. The number of aromatic nitrogens is 2. The summed E-state index contributed by atoms with van der Waals surface area (Å²) < 4.78 is 43.7. The van der Waals surface area contributed by atoms with Crippen molar-refractivity contribution in [2.45, 2.75) is 52.0 Å². The van der Waals surface area contributed by atoms with Crippen molar-refractivity contribution in [3.05, 3.63) is 123 Å². The Hall–Kier alpha value is -5.29. The van der Waals surface area contributed by atoms with Crippen molar-refractivity contribution in [2.75, 3.05) is 11.9 Å². The standard InChI is InChI=1S/C34H34F3N7O3S/c1-3-23(2)31(41-32(45)16-29-18-39-22-43(29)19-25-10-8-24(17-38)9-11-25)21-42(20-26-6-4-5-7-30(26)34(35,36)37)33(48)40-27-12-14-28(15-13-27)44(46)47/h4-15,18,22-23,31H,3,16,19-21H2,1-2H3,(H,40,48)(H,41,45)/t23-,31+/m0/s1. The second-order valence-electron chi connectivity index (χ2n) is 11.3. The lowest BCUT2D eigenvalue weighted by molar-refractivity contribution is -0.384. The van der Waals surface area contributed by atoms with Gasteiger partial charge in [0.15, 0.2) is 5.11 Å². The van der Waals surface area contributed by atoms with Crippen molar-refractivity contribution in [3.63, 3.8) is 0 Å². The van der Waals surface area contributed by atoms with Crippen LogP contribution in [-0.4, -0.2) is 43.0 Å². The molecule has 0 unspecified atom stereocenters. The highest BCUT2D eigenvalue weighted by Gasteiger charge is 2.34. The first kappa shape index (κ1) is 35.6. The molecule has 250 valence electrons. The van der Waals surface area contributed by atoms with Gasteiger partial charge in [0.2, 0.25) is 5.91 Å². The van der Waals surface area contributed by atoms with Gasteiger partial charge in [0.25, 0.3) is 5.69 Å². The Kier molecular flexibility index (Phi) is 11.9. The highest BCUT2D eigenvalue weighted by molar-refractivity contribution is 7.80. The fraction of sp³-hybridized carbons (Fsp3) is 0.294. The number of thiocarbonyl (C=S) groups is 1. The van der Waals surface area contributed by atoms with E-state index < -0.39 is 22.7 Å². The summed E-state index contributed by atoms with van der Waals surface area (Å²) in [5.74, 6) is -0.383. The van der Waals surface area contributed by atoms with Gasteiger partial charge in [-0.05, 0) is 59.6 Å². The molecule has 48 heavy (non-hydrogen) atoms.